The van der Waals surface area contributed by atoms with Crippen molar-refractivity contribution in [3.05, 3.63) is 0 Å². The van der Waals surface area contributed by atoms with Crippen molar-refractivity contribution >= 4 is 18.1 Å². The van der Waals surface area contributed by atoms with Crippen LogP contribution in [0.15, 0.2) is 0 Å². The third kappa shape index (κ3) is 1.17. The molecule has 0 radical (unpaired) electrons. The van der Waals surface area contributed by atoms with Crippen LogP contribution in [0.4, 0.5) is 0 Å². The Balaban J connectivity index is 2.84. The van der Waals surface area contributed by atoms with Gasteiger partial charge in [-0.2, -0.15) is 0 Å². The summed E-state index contributed by atoms with van der Waals surface area (Å²) < 4.78 is 0. The standard InChI is InChI=1S/C7H10N2O3/c1-4-6(11)8-5(3-10)7(12)9(4)2/h3-5H,1-2H3,(H,8,11). The summed E-state index contributed by atoms with van der Waals surface area (Å²) in [5.74, 6) is -0.661. The van der Waals surface area contributed by atoms with Crippen molar-refractivity contribution in [3.8, 4) is 0 Å². The van der Waals surface area contributed by atoms with Crippen LogP contribution in [-0.4, -0.2) is 42.1 Å². The molecule has 5 heteroatoms. The normalized spacial score (nSPS) is 30.0. The molecule has 1 rings (SSSR count). The molecular formula is C7H10N2O3. The fourth-order valence-electron chi connectivity index (χ4n) is 1.01. The summed E-state index contributed by atoms with van der Waals surface area (Å²) in [7, 11) is 1.50. The fraction of sp³-hybridized carbons (Fsp3) is 0.571. The van der Waals surface area contributed by atoms with Crippen LogP contribution in [0.1, 0.15) is 6.92 Å². The minimum Gasteiger partial charge on any atom is -0.337 e. The lowest BCUT2D eigenvalue weighted by Crippen LogP contribution is -2.61. The number of likely N-dealkylation sites (N-methyl/N-ethyl adjacent to an activating group) is 1. The summed E-state index contributed by atoms with van der Waals surface area (Å²) in [5.41, 5.74) is 0. The van der Waals surface area contributed by atoms with E-state index in [1.165, 1.54) is 11.9 Å². The number of hydrogen-bond donors (Lipinski definition) is 1. The van der Waals surface area contributed by atoms with E-state index in [9.17, 15) is 14.4 Å². The minimum absolute atomic E-state index is 0.297. The van der Waals surface area contributed by atoms with Crippen LogP contribution in [0, 0.1) is 0 Å². The van der Waals surface area contributed by atoms with Gasteiger partial charge in [-0.25, -0.2) is 0 Å². The number of nitrogens with one attached hydrogen (secondary N) is 1. The highest BCUT2D eigenvalue weighted by atomic mass is 16.2. The van der Waals surface area contributed by atoms with E-state index in [-0.39, 0.29) is 11.8 Å². The molecule has 0 aliphatic carbocycles. The van der Waals surface area contributed by atoms with Crippen LogP contribution in [-0.2, 0) is 14.4 Å². The highest BCUT2D eigenvalue weighted by Crippen LogP contribution is 2.04. The minimum atomic E-state index is -1.00. The zero-order chi connectivity index (χ0) is 9.30. The van der Waals surface area contributed by atoms with Gasteiger partial charge in [-0.15, -0.1) is 0 Å². The first-order chi connectivity index (χ1) is 5.57. The predicted molar refractivity (Wildman–Crippen MR) is 40.2 cm³/mol. The number of aldehydes is 1. The van der Waals surface area contributed by atoms with Gasteiger partial charge in [0.15, 0.2) is 12.3 Å². The molecule has 12 heavy (non-hydrogen) atoms. The number of hydrogen-bond acceptors (Lipinski definition) is 3. The Labute approximate surface area is 69.7 Å². The molecular weight excluding hydrogens is 160 g/mol. The van der Waals surface area contributed by atoms with Crippen molar-refractivity contribution in [2.24, 2.45) is 0 Å². The molecule has 1 heterocycles. The van der Waals surface area contributed by atoms with Crippen LogP contribution in [0.2, 0.25) is 0 Å². The van der Waals surface area contributed by atoms with E-state index >= 15 is 0 Å². The average molecular weight is 170 g/mol. The Morgan fingerprint density at radius 1 is 1.50 bits per heavy atom. The highest BCUT2D eigenvalue weighted by molar-refractivity contribution is 6.04. The maximum atomic E-state index is 11.2. The first kappa shape index (κ1) is 8.70. The van der Waals surface area contributed by atoms with Gasteiger partial charge in [-0.05, 0) is 6.92 Å². The van der Waals surface area contributed by atoms with Crippen LogP contribution < -0.4 is 5.32 Å². The fourth-order valence-corrected chi connectivity index (χ4v) is 1.01. The molecule has 1 saturated heterocycles. The van der Waals surface area contributed by atoms with Gasteiger partial charge in [-0.1, -0.05) is 0 Å². The van der Waals surface area contributed by atoms with E-state index in [0.29, 0.717) is 6.29 Å². The van der Waals surface area contributed by atoms with Gasteiger partial charge in [0, 0.05) is 7.05 Å². The summed E-state index contributed by atoms with van der Waals surface area (Å²) in [6.45, 7) is 1.61. The topological polar surface area (TPSA) is 66.5 Å². The lowest BCUT2D eigenvalue weighted by Gasteiger charge is -2.32. The molecule has 0 aromatic rings. The molecule has 1 aliphatic rings. The van der Waals surface area contributed by atoms with Gasteiger partial charge in [0.05, 0.1) is 0 Å². The van der Waals surface area contributed by atoms with Crippen LogP contribution in [0.5, 0.6) is 0 Å². The molecule has 0 saturated carbocycles. The molecule has 66 valence electrons. The second-order valence-electron chi connectivity index (χ2n) is 2.75. The lowest BCUT2D eigenvalue weighted by atomic mass is 10.1. The first-order valence-electron chi connectivity index (χ1n) is 3.60. The van der Waals surface area contributed by atoms with E-state index < -0.39 is 12.1 Å². The Morgan fingerprint density at radius 2 is 2.08 bits per heavy atom. The maximum Gasteiger partial charge on any atom is 0.253 e. The molecule has 2 unspecified atom stereocenters. The van der Waals surface area contributed by atoms with Crippen LogP contribution in [0.25, 0.3) is 0 Å². The molecule has 0 bridgehead atoms. The first-order valence-corrected chi connectivity index (χ1v) is 3.60. The van der Waals surface area contributed by atoms with Crippen molar-refractivity contribution in [2.45, 2.75) is 19.0 Å². The number of amides is 2. The predicted octanol–water partition coefficient (Wildman–Crippen LogP) is -1.47. The van der Waals surface area contributed by atoms with Crippen molar-refractivity contribution in [1.29, 1.82) is 0 Å². The molecule has 1 aliphatic heterocycles. The highest BCUT2D eigenvalue weighted by Gasteiger charge is 2.35. The van der Waals surface area contributed by atoms with E-state index in [2.05, 4.69) is 5.32 Å². The van der Waals surface area contributed by atoms with Gasteiger partial charge >= 0.3 is 0 Å². The zero-order valence-electron chi connectivity index (χ0n) is 6.90. The van der Waals surface area contributed by atoms with Crippen molar-refractivity contribution in [1.82, 2.24) is 10.2 Å². The SMILES string of the molecule is CC1C(=O)NC(C=O)C(=O)N1C. The molecule has 0 aromatic carbocycles. The Morgan fingerprint density at radius 3 is 2.58 bits per heavy atom. The van der Waals surface area contributed by atoms with Gasteiger partial charge < -0.3 is 15.0 Å². The van der Waals surface area contributed by atoms with E-state index in [4.69, 9.17) is 0 Å². The van der Waals surface area contributed by atoms with Gasteiger partial charge in [0.25, 0.3) is 5.91 Å². The summed E-state index contributed by atoms with van der Waals surface area (Å²) in [6.07, 6.45) is 0.433. The molecule has 1 N–H and O–H groups in total. The Bertz CT molecular complexity index is 239. The Hall–Kier alpha value is -1.39. The van der Waals surface area contributed by atoms with E-state index in [0.717, 1.165) is 0 Å². The summed E-state index contributed by atoms with van der Waals surface area (Å²) in [6, 6.07) is -1.49. The summed E-state index contributed by atoms with van der Waals surface area (Å²) >= 11 is 0. The number of rotatable bonds is 1. The molecule has 1 fully saturated rings. The smallest absolute Gasteiger partial charge is 0.253 e. The quantitative estimate of drug-likeness (QED) is 0.386. The third-order valence-corrected chi connectivity index (χ3v) is 2.01. The molecule has 0 aromatic heterocycles. The number of nitrogens with zero attached hydrogens (tertiary/aromatic N) is 1. The number of piperazine rings is 1. The van der Waals surface area contributed by atoms with Gasteiger partial charge in [-0.3, -0.25) is 9.59 Å². The van der Waals surface area contributed by atoms with Gasteiger partial charge in [0.1, 0.15) is 6.04 Å². The Kier molecular flexibility index (Phi) is 2.12. The van der Waals surface area contributed by atoms with Crippen LogP contribution in [0.3, 0.4) is 0 Å². The van der Waals surface area contributed by atoms with Crippen molar-refractivity contribution in [2.75, 3.05) is 7.05 Å². The van der Waals surface area contributed by atoms with Crippen molar-refractivity contribution in [3.63, 3.8) is 0 Å². The number of carbonyl (C=O) groups is 3. The average Bonchev–Trinajstić information content (AvgIpc) is 2.08. The van der Waals surface area contributed by atoms with E-state index in [1.807, 2.05) is 0 Å². The maximum absolute atomic E-state index is 11.2. The van der Waals surface area contributed by atoms with Gasteiger partial charge in [0.2, 0.25) is 5.91 Å². The monoisotopic (exact) mass is 170 g/mol. The molecule has 2 atom stereocenters. The second kappa shape index (κ2) is 2.92. The zero-order valence-corrected chi connectivity index (χ0v) is 6.90. The molecule has 5 nitrogen and oxygen atoms in total. The van der Waals surface area contributed by atoms with Crippen molar-refractivity contribution < 1.29 is 14.4 Å². The second-order valence-corrected chi connectivity index (χ2v) is 2.75. The number of carbonyl (C=O) groups excluding carboxylic acids is 3. The van der Waals surface area contributed by atoms with Crippen LogP contribution >= 0.6 is 0 Å². The molecule has 0 spiro atoms. The van der Waals surface area contributed by atoms with E-state index in [1.54, 1.807) is 6.92 Å². The summed E-state index contributed by atoms with van der Waals surface area (Å²) in [4.78, 5) is 33.8. The largest absolute Gasteiger partial charge is 0.337 e. The molecule has 2 amide bonds. The summed E-state index contributed by atoms with van der Waals surface area (Å²) in [5, 5.41) is 2.30. The lowest BCUT2D eigenvalue weighted by molar-refractivity contribution is -0.148. The third-order valence-electron chi connectivity index (χ3n) is 2.01.